The largest absolute Gasteiger partial charge is 0.491 e. The van der Waals surface area contributed by atoms with Crippen molar-refractivity contribution in [2.75, 3.05) is 46.4 Å². The van der Waals surface area contributed by atoms with Gasteiger partial charge in [-0.1, -0.05) is 0 Å². The van der Waals surface area contributed by atoms with Gasteiger partial charge in [-0.3, -0.25) is 19.7 Å². The number of hydrogen-bond acceptors (Lipinski definition) is 8. The molecule has 1 aromatic carbocycles. The summed E-state index contributed by atoms with van der Waals surface area (Å²) in [6.45, 7) is 4.98. The number of aliphatic imine (C=N–C) groups is 2. The fourth-order valence-electron chi connectivity index (χ4n) is 4.46. The number of benzene rings is 1. The summed E-state index contributed by atoms with van der Waals surface area (Å²) in [6.07, 6.45) is 4.12. The van der Waals surface area contributed by atoms with E-state index in [9.17, 15) is 4.79 Å². The Morgan fingerprint density at radius 2 is 2.00 bits per heavy atom. The number of rotatable bonds is 7. The fourth-order valence-corrected chi connectivity index (χ4v) is 4.46. The lowest BCUT2D eigenvalue weighted by atomic mass is 10.1. The first-order chi connectivity index (χ1) is 15.7. The molecular formula is C23H26N6O3. The summed E-state index contributed by atoms with van der Waals surface area (Å²) in [4.78, 5) is 30.4. The van der Waals surface area contributed by atoms with E-state index in [-0.39, 0.29) is 0 Å². The van der Waals surface area contributed by atoms with Gasteiger partial charge in [-0.05, 0) is 50.2 Å². The van der Waals surface area contributed by atoms with Gasteiger partial charge in [0.15, 0.2) is 17.3 Å². The van der Waals surface area contributed by atoms with Crippen LogP contribution in [0.2, 0.25) is 0 Å². The molecule has 0 bridgehead atoms. The van der Waals surface area contributed by atoms with Crippen LogP contribution in [0.25, 0.3) is 0 Å². The number of nitrogens with two attached hydrogens (primary N) is 1. The van der Waals surface area contributed by atoms with E-state index >= 15 is 0 Å². The van der Waals surface area contributed by atoms with E-state index in [2.05, 4.69) is 14.9 Å². The van der Waals surface area contributed by atoms with Crippen LogP contribution in [-0.2, 0) is 0 Å². The Balaban J connectivity index is 1.54. The minimum absolute atomic E-state index is 0.318. The average molecular weight is 435 g/mol. The molecule has 5 rings (SSSR count). The lowest BCUT2D eigenvalue weighted by molar-refractivity contribution is 0.0999. The third-order valence-electron chi connectivity index (χ3n) is 6.00. The zero-order chi connectivity index (χ0) is 22.1. The second-order valence-corrected chi connectivity index (χ2v) is 7.95. The van der Waals surface area contributed by atoms with E-state index < -0.39 is 5.91 Å². The predicted molar refractivity (Wildman–Crippen MR) is 121 cm³/mol. The molecule has 2 aromatic rings. The van der Waals surface area contributed by atoms with Crippen LogP contribution in [-0.4, -0.2) is 78.8 Å². The van der Waals surface area contributed by atoms with Gasteiger partial charge in [-0.15, -0.1) is 0 Å². The monoisotopic (exact) mass is 434 g/mol. The van der Waals surface area contributed by atoms with E-state index in [1.54, 1.807) is 25.4 Å². The Bertz CT molecular complexity index is 1110. The normalized spacial score (nSPS) is 17.5. The van der Waals surface area contributed by atoms with Crippen LogP contribution in [0.3, 0.4) is 0 Å². The number of primary amides is 1. The second kappa shape index (κ2) is 8.58. The minimum atomic E-state index is -0.551. The van der Waals surface area contributed by atoms with Gasteiger partial charge >= 0.3 is 0 Å². The van der Waals surface area contributed by atoms with Gasteiger partial charge in [0.1, 0.15) is 23.8 Å². The SMILES string of the molecule is COc1c(OCCN2CCCC2)ccc2c1N=C(c1ncccc1C(N)=O)N1CCN=C21. The van der Waals surface area contributed by atoms with Crippen LogP contribution < -0.4 is 15.2 Å². The summed E-state index contributed by atoms with van der Waals surface area (Å²) < 4.78 is 11.8. The Morgan fingerprint density at radius 1 is 1.16 bits per heavy atom. The molecule has 166 valence electrons. The summed E-state index contributed by atoms with van der Waals surface area (Å²) >= 11 is 0. The first-order valence-corrected chi connectivity index (χ1v) is 10.9. The third-order valence-corrected chi connectivity index (χ3v) is 6.00. The summed E-state index contributed by atoms with van der Waals surface area (Å²) in [6, 6.07) is 7.22. The second-order valence-electron chi connectivity index (χ2n) is 7.95. The van der Waals surface area contributed by atoms with E-state index in [1.165, 1.54) is 12.8 Å². The van der Waals surface area contributed by atoms with Gasteiger partial charge in [-0.2, -0.15) is 0 Å². The fraction of sp³-hybridized carbons (Fsp3) is 0.391. The Labute approximate surface area is 186 Å². The number of pyridine rings is 1. The number of likely N-dealkylation sites (tertiary alicyclic amines) is 1. The molecule has 1 aromatic heterocycles. The maximum absolute atomic E-state index is 12.0. The summed E-state index contributed by atoms with van der Waals surface area (Å²) in [5.41, 5.74) is 7.85. The smallest absolute Gasteiger partial charge is 0.251 e. The van der Waals surface area contributed by atoms with Crippen molar-refractivity contribution >= 4 is 23.3 Å². The highest BCUT2D eigenvalue weighted by atomic mass is 16.5. The highest BCUT2D eigenvalue weighted by molar-refractivity contribution is 6.22. The van der Waals surface area contributed by atoms with Crippen molar-refractivity contribution in [3.8, 4) is 11.5 Å². The number of aromatic nitrogens is 1. The summed E-state index contributed by atoms with van der Waals surface area (Å²) in [5, 5.41) is 0. The van der Waals surface area contributed by atoms with Gasteiger partial charge in [0.2, 0.25) is 0 Å². The first-order valence-electron chi connectivity index (χ1n) is 10.9. The molecule has 4 heterocycles. The number of methoxy groups -OCH3 is 1. The molecule has 0 spiro atoms. The van der Waals surface area contributed by atoms with Crippen LogP contribution in [0.15, 0.2) is 40.4 Å². The lowest BCUT2D eigenvalue weighted by Gasteiger charge is -2.29. The van der Waals surface area contributed by atoms with Gasteiger partial charge in [-0.25, -0.2) is 4.99 Å². The van der Waals surface area contributed by atoms with E-state index in [0.29, 0.717) is 54.0 Å². The number of hydrogen-bond donors (Lipinski definition) is 1. The van der Waals surface area contributed by atoms with E-state index in [0.717, 1.165) is 31.0 Å². The zero-order valence-corrected chi connectivity index (χ0v) is 18.1. The van der Waals surface area contributed by atoms with Crippen LogP contribution in [0.4, 0.5) is 5.69 Å². The Morgan fingerprint density at radius 3 is 2.78 bits per heavy atom. The van der Waals surface area contributed by atoms with Crippen molar-refractivity contribution in [2.24, 2.45) is 15.7 Å². The number of carbonyl (C=O) groups excluding carboxylic acids is 1. The number of fused-ring (bicyclic) bond motifs is 3. The lowest BCUT2D eigenvalue weighted by Crippen LogP contribution is -2.39. The van der Waals surface area contributed by atoms with Crippen molar-refractivity contribution in [1.82, 2.24) is 14.8 Å². The maximum Gasteiger partial charge on any atom is 0.251 e. The number of amidine groups is 2. The molecule has 2 N–H and O–H groups in total. The van der Waals surface area contributed by atoms with Gasteiger partial charge in [0, 0.05) is 24.8 Å². The molecular weight excluding hydrogens is 408 g/mol. The third kappa shape index (κ3) is 3.58. The number of carbonyl (C=O) groups is 1. The molecule has 1 fully saturated rings. The number of nitrogens with zero attached hydrogens (tertiary/aromatic N) is 5. The number of ether oxygens (including phenoxy) is 2. The first kappa shape index (κ1) is 20.4. The van der Waals surface area contributed by atoms with E-state index in [4.69, 9.17) is 20.2 Å². The summed E-state index contributed by atoms with van der Waals surface area (Å²) in [5.74, 6) is 1.96. The highest BCUT2D eigenvalue weighted by Crippen LogP contribution is 2.44. The van der Waals surface area contributed by atoms with Crippen molar-refractivity contribution in [3.63, 3.8) is 0 Å². The van der Waals surface area contributed by atoms with Crippen molar-refractivity contribution < 1.29 is 14.3 Å². The molecule has 0 unspecified atom stereocenters. The average Bonchev–Trinajstić information content (AvgIpc) is 3.50. The Hall–Kier alpha value is -3.46. The molecule has 0 radical (unpaired) electrons. The molecule has 9 heteroatoms. The highest BCUT2D eigenvalue weighted by Gasteiger charge is 2.34. The van der Waals surface area contributed by atoms with Crippen LogP contribution in [0.5, 0.6) is 11.5 Å². The molecule has 3 aliphatic rings. The quantitative estimate of drug-likeness (QED) is 0.713. The van der Waals surface area contributed by atoms with Crippen LogP contribution >= 0.6 is 0 Å². The molecule has 0 atom stereocenters. The predicted octanol–water partition coefficient (Wildman–Crippen LogP) is 1.82. The van der Waals surface area contributed by atoms with Crippen LogP contribution in [0, 0.1) is 0 Å². The molecule has 3 aliphatic heterocycles. The maximum atomic E-state index is 12.0. The minimum Gasteiger partial charge on any atom is -0.491 e. The van der Waals surface area contributed by atoms with Gasteiger partial charge < -0.3 is 20.1 Å². The molecule has 1 amide bonds. The Kier molecular flexibility index (Phi) is 5.48. The molecule has 9 nitrogen and oxygen atoms in total. The van der Waals surface area contributed by atoms with Crippen molar-refractivity contribution in [3.05, 3.63) is 47.3 Å². The zero-order valence-electron chi connectivity index (χ0n) is 18.1. The number of amides is 1. The van der Waals surface area contributed by atoms with Gasteiger partial charge in [0.25, 0.3) is 5.91 Å². The molecule has 32 heavy (non-hydrogen) atoms. The van der Waals surface area contributed by atoms with E-state index in [1.807, 2.05) is 17.0 Å². The van der Waals surface area contributed by atoms with Crippen LogP contribution in [0.1, 0.15) is 34.5 Å². The van der Waals surface area contributed by atoms with Gasteiger partial charge in [0.05, 0.1) is 19.2 Å². The summed E-state index contributed by atoms with van der Waals surface area (Å²) in [7, 11) is 1.61. The topological polar surface area (TPSA) is 106 Å². The van der Waals surface area contributed by atoms with Crippen molar-refractivity contribution in [1.29, 1.82) is 0 Å². The molecule has 0 saturated carbocycles. The molecule has 0 aliphatic carbocycles. The standard InChI is InChI=1S/C23H26N6O3/c1-31-20-17(32-14-13-28-10-2-3-11-28)7-6-16-18(20)27-23(29-12-9-26-22(16)29)19-15(21(24)30)5-4-8-25-19/h4-8H,2-3,9-14H2,1H3,(H2,24,30). The van der Waals surface area contributed by atoms with Crippen molar-refractivity contribution in [2.45, 2.75) is 12.8 Å². The molecule has 1 saturated heterocycles.